The standard InChI is InChI=1S/C14H15N5O2/c20-12(19-7-3-4-8-19)9-15-14(21)13-16-10-5-1-2-6-11(10)17-18-13/h1-2,5-6H,3-4,7-9H2,(H,15,21). The number of carbonyl (C=O) groups excluding carboxylic acids is 2. The van der Waals surface area contributed by atoms with Crippen LogP contribution in [0.3, 0.4) is 0 Å². The van der Waals surface area contributed by atoms with E-state index in [1.54, 1.807) is 17.0 Å². The van der Waals surface area contributed by atoms with Gasteiger partial charge in [0.15, 0.2) is 0 Å². The van der Waals surface area contributed by atoms with Crippen LogP contribution in [0.25, 0.3) is 11.0 Å². The first-order valence-corrected chi connectivity index (χ1v) is 6.89. The number of aromatic nitrogens is 3. The Bertz CT molecular complexity index is 682. The van der Waals surface area contributed by atoms with E-state index in [0.29, 0.717) is 11.0 Å². The van der Waals surface area contributed by atoms with Crippen LogP contribution in [0.5, 0.6) is 0 Å². The largest absolute Gasteiger partial charge is 0.341 e. The number of likely N-dealkylation sites (tertiary alicyclic amines) is 1. The lowest BCUT2D eigenvalue weighted by Gasteiger charge is -2.15. The van der Waals surface area contributed by atoms with E-state index in [9.17, 15) is 9.59 Å². The van der Waals surface area contributed by atoms with Crippen LogP contribution in [0.1, 0.15) is 23.5 Å². The summed E-state index contributed by atoms with van der Waals surface area (Å²) in [5, 5.41) is 10.3. The fraction of sp³-hybridized carbons (Fsp3) is 0.357. The molecule has 2 heterocycles. The fourth-order valence-electron chi connectivity index (χ4n) is 2.29. The average Bonchev–Trinajstić information content (AvgIpc) is 3.06. The number of hydrogen-bond acceptors (Lipinski definition) is 5. The monoisotopic (exact) mass is 285 g/mol. The molecular formula is C14H15N5O2. The van der Waals surface area contributed by atoms with Gasteiger partial charge in [0, 0.05) is 13.1 Å². The highest BCUT2D eigenvalue weighted by atomic mass is 16.2. The first kappa shape index (κ1) is 13.4. The highest BCUT2D eigenvalue weighted by Crippen LogP contribution is 2.08. The van der Waals surface area contributed by atoms with Gasteiger partial charge < -0.3 is 10.2 Å². The van der Waals surface area contributed by atoms with E-state index >= 15 is 0 Å². The van der Waals surface area contributed by atoms with Crippen LogP contribution in [0.15, 0.2) is 24.3 Å². The second-order valence-electron chi connectivity index (χ2n) is 4.89. The Balaban J connectivity index is 1.64. The maximum Gasteiger partial charge on any atom is 0.291 e. The minimum atomic E-state index is -0.485. The molecule has 0 spiro atoms. The van der Waals surface area contributed by atoms with Gasteiger partial charge in [-0.25, -0.2) is 4.98 Å². The van der Waals surface area contributed by atoms with E-state index < -0.39 is 5.91 Å². The lowest BCUT2D eigenvalue weighted by molar-refractivity contribution is -0.129. The number of carbonyl (C=O) groups is 2. The molecular weight excluding hydrogens is 270 g/mol. The molecule has 1 aromatic carbocycles. The molecule has 108 valence electrons. The molecule has 2 aromatic rings. The molecule has 7 nitrogen and oxygen atoms in total. The van der Waals surface area contributed by atoms with Gasteiger partial charge in [-0.2, -0.15) is 0 Å². The summed E-state index contributed by atoms with van der Waals surface area (Å²) in [6.07, 6.45) is 2.05. The molecule has 21 heavy (non-hydrogen) atoms. The molecule has 1 aliphatic heterocycles. The molecule has 0 saturated carbocycles. The van der Waals surface area contributed by atoms with Crippen molar-refractivity contribution >= 4 is 22.8 Å². The Hall–Kier alpha value is -2.57. The lowest BCUT2D eigenvalue weighted by atomic mass is 10.3. The van der Waals surface area contributed by atoms with Gasteiger partial charge in [0.05, 0.1) is 12.1 Å². The first-order chi connectivity index (χ1) is 10.2. The summed E-state index contributed by atoms with van der Waals surface area (Å²) < 4.78 is 0. The summed E-state index contributed by atoms with van der Waals surface area (Å²) in [5.74, 6) is -0.585. The van der Waals surface area contributed by atoms with Crippen LogP contribution in [-0.4, -0.2) is 51.5 Å². The summed E-state index contributed by atoms with van der Waals surface area (Å²) in [4.78, 5) is 29.7. The molecule has 2 amide bonds. The van der Waals surface area contributed by atoms with E-state index in [-0.39, 0.29) is 18.3 Å². The molecule has 1 saturated heterocycles. The quantitative estimate of drug-likeness (QED) is 0.880. The molecule has 0 unspecified atom stereocenters. The van der Waals surface area contributed by atoms with E-state index in [0.717, 1.165) is 25.9 Å². The van der Waals surface area contributed by atoms with Crippen molar-refractivity contribution in [2.45, 2.75) is 12.8 Å². The Morgan fingerprint density at radius 3 is 2.57 bits per heavy atom. The van der Waals surface area contributed by atoms with E-state index in [4.69, 9.17) is 0 Å². The molecule has 0 bridgehead atoms. The zero-order chi connectivity index (χ0) is 14.7. The normalized spacial score (nSPS) is 14.4. The Labute approximate surface area is 121 Å². The highest BCUT2D eigenvalue weighted by Gasteiger charge is 2.19. The van der Waals surface area contributed by atoms with Crippen molar-refractivity contribution < 1.29 is 9.59 Å². The zero-order valence-electron chi connectivity index (χ0n) is 11.5. The number of amides is 2. The second kappa shape index (κ2) is 5.82. The SMILES string of the molecule is O=C(NCC(=O)N1CCCC1)c1nnc2ccccc2n1. The maximum atomic E-state index is 12.0. The van der Waals surface area contributed by atoms with Crippen molar-refractivity contribution in [2.75, 3.05) is 19.6 Å². The van der Waals surface area contributed by atoms with Gasteiger partial charge in [-0.05, 0) is 25.0 Å². The molecule has 7 heteroatoms. The van der Waals surface area contributed by atoms with Crippen molar-refractivity contribution in [3.05, 3.63) is 30.1 Å². The number of fused-ring (bicyclic) bond motifs is 1. The molecule has 0 radical (unpaired) electrons. The van der Waals surface area contributed by atoms with Gasteiger partial charge in [-0.3, -0.25) is 9.59 Å². The summed E-state index contributed by atoms with van der Waals surface area (Å²) >= 11 is 0. The van der Waals surface area contributed by atoms with Crippen molar-refractivity contribution in [3.63, 3.8) is 0 Å². The minimum Gasteiger partial charge on any atom is -0.341 e. The van der Waals surface area contributed by atoms with E-state index in [2.05, 4.69) is 20.5 Å². The van der Waals surface area contributed by atoms with E-state index in [1.807, 2.05) is 12.1 Å². The Morgan fingerprint density at radius 1 is 1.10 bits per heavy atom. The Morgan fingerprint density at radius 2 is 1.81 bits per heavy atom. The fourth-order valence-corrected chi connectivity index (χ4v) is 2.29. The van der Waals surface area contributed by atoms with Crippen LogP contribution < -0.4 is 5.32 Å². The zero-order valence-corrected chi connectivity index (χ0v) is 11.5. The van der Waals surface area contributed by atoms with Crippen molar-refractivity contribution in [1.82, 2.24) is 25.4 Å². The predicted octanol–water partition coefficient (Wildman–Crippen LogP) is 0.377. The van der Waals surface area contributed by atoms with Gasteiger partial charge in [0.1, 0.15) is 5.52 Å². The summed E-state index contributed by atoms with van der Waals surface area (Å²) in [5.41, 5.74) is 1.23. The van der Waals surface area contributed by atoms with E-state index in [1.165, 1.54) is 0 Å². The van der Waals surface area contributed by atoms with Crippen molar-refractivity contribution in [2.24, 2.45) is 0 Å². The second-order valence-corrected chi connectivity index (χ2v) is 4.89. The van der Waals surface area contributed by atoms with Crippen LogP contribution in [0, 0.1) is 0 Å². The third kappa shape index (κ3) is 2.96. The minimum absolute atomic E-state index is 0.0251. The number of para-hydroxylation sites is 1. The number of hydrogen-bond donors (Lipinski definition) is 1. The maximum absolute atomic E-state index is 12.0. The van der Waals surface area contributed by atoms with Gasteiger partial charge in [0.25, 0.3) is 5.91 Å². The van der Waals surface area contributed by atoms with Gasteiger partial charge >= 0.3 is 0 Å². The van der Waals surface area contributed by atoms with Crippen molar-refractivity contribution in [1.29, 1.82) is 0 Å². The average molecular weight is 285 g/mol. The topological polar surface area (TPSA) is 88.1 Å². The summed E-state index contributed by atoms with van der Waals surface area (Å²) in [7, 11) is 0. The number of nitrogens with zero attached hydrogens (tertiary/aromatic N) is 4. The Kier molecular flexibility index (Phi) is 3.72. The van der Waals surface area contributed by atoms with Crippen LogP contribution in [-0.2, 0) is 4.79 Å². The van der Waals surface area contributed by atoms with Crippen LogP contribution >= 0.6 is 0 Å². The predicted molar refractivity (Wildman–Crippen MR) is 75.5 cm³/mol. The highest BCUT2D eigenvalue weighted by molar-refractivity contribution is 5.94. The van der Waals surface area contributed by atoms with Crippen LogP contribution in [0.2, 0.25) is 0 Å². The molecule has 3 rings (SSSR count). The molecule has 1 N–H and O–H groups in total. The molecule has 0 aliphatic carbocycles. The van der Waals surface area contributed by atoms with Gasteiger partial charge in [0.2, 0.25) is 11.7 Å². The lowest BCUT2D eigenvalue weighted by Crippen LogP contribution is -2.39. The number of rotatable bonds is 3. The van der Waals surface area contributed by atoms with Crippen LogP contribution in [0.4, 0.5) is 0 Å². The smallest absolute Gasteiger partial charge is 0.291 e. The summed E-state index contributed by atoms with van der Waals surface area (Å²) in [6, 6.07) is 7.17. The molecule has 0 atom stereocenters. The van der Waals surface area contributed by atoms with Gasteiger partial charge in [-0.15, -0.1) is 10.2 Å². The molecule has 1 aliphatic rings. The first-order valence-electron chi connectivity index (χ1n) is 6.89. The number of nitrogens with one attached hydrogen (secondary N) is 1. The molecule has 1 aromatic heterocycles. The van der Waals surface area contributed by atoms with Gasteiger partial charge in [-0.1, -0.05) is 12.1 Å². The molecule has 1 fully saturated rings. The summed E-state index contributed by atoms with van der Waals surface area (Å²) in [6.45, 7) is 1.50. The third-order valence-electron chi connectivity index (χ3n) is 3.42. The third-order valence-corrected chi connectivity index (χ3v) is 3.42. The number of benzene rings is 1. The van der Waals surface area contributed by atoms with Crippen molar-refractivity contribution in [3.8, 4) is 0 Å².